The molecule has 0 radical (unpaired) electrons. The van der Waals surface area contributed by atoms with Crippen molar-refractivity contribution in [3.63, 3.8) is 0 Å². The molecule has 1 aliphatic rings. The molecular formula is C15H23NS. The van der Waals surface area contributed by atoms with E-state index in [1.165, 1.54) is 22.6 Å². The van der Waals surface area contributed by atoms with Gasteiger partial charge in [0.25, 0.3) is 0 Å². The maximum atomic E-state index is 3.80. The van der Waals surface area contributed by atoms with Crippen LogP contribution in [-0.2, 0) is 0 Å². The largest absolute Gasteiger partial charge is 0.307 e. The van der Waals surface area contributed by atoms with Crippen LogP contribution in [0.1, 0.15) is 45.7 Å². The Hall–Kier alpha value is -0.470. The van der Waals surface area contributed by atoms with Gasteiger partial charge in [-0.05, 0) is 36.1 Å². The van der Waals surface area contributed by atoms with Crippen LogP contribution in [0.4, 0.5) is 0 Å². The molecule has 1 heterocycles. The van der Waals surface area contributed by atoms with Gasteiger partial charge in [-0.25, -0.2) is 0 Å². The lowest BCUT2D eigenvalue weighted by molar-refractivity contribution is 0.259. The summed E-state index contributed by atoms with van der Waals surface area (Å²) in [6, 6.07) is 9.87. The molecule has 1 aromatic rings. The van der Waals surface area contributed by atoms with E-state index in [0.717, 1.165) is 0 Å². The highest BCUT2D eigenvalue weighted by molar-refractivity contribution is 7.99. The maximum absolute atomic E-state index is 3.80. The Morgan fingerprint density at radius 2 is 2.00 bits per heavy atom. The quantitative estimate of drug-likeness (QED) is 0.841. The number of hydrogen-bond acceptors (Lipinski definition) is 2. The molecule has 2 rings (SSSR count). The monoisotopic (exact) mass is 249 g/mol. The highest BCUT2D eigenvalue weighted by Crippen LogP contribution is 2.36. The van der Waals surface area contributed by atoms with E-state index >= 15 is 0 Å². The van der Waals surface area contributed by atoms with E-state index in [4.69, 9.17) is 0 Å². The fourth-order valence-electron chi connectivity index (χ4n) is 2.07. The Bertz CT molecular complexity index is 381. The lowest BCUT2D eigenvalue weighted by atomic mass is 9.87. The third-order valence-electron chi connectivity index (χ3n) is 3.71. The maximum Gasteiger partial charge on any atom is 0.0341 e. The van der Waals surface area contributed by atoms with Crippen molar-refractivity contribution in [1.29, 1.82) is 0 Å². The van der Waals surface area contributed by atoms with Crippen molar-refractivity contribution in [2.24, 2.45) is 5.41 Å². The molecule has 2 unspecified atom stereocenters. The van der Waals surface area contributed by atoms with Crippen LogP contribution in [0.15, 0.2) is 29.2 Å². The second-order valence-electron chi connectivity index (χ2n) is 5.98. The van der Waals surface area contributed by atoms with E-state index in [9.17, 15) is 0 Å². The van der Waals surface area contributed by atoms with Crippen molar-refractivity contribution in [3.05, 3.63) is 29.8 Å². The molecule has 0 saturated heterocycles. The van der Waals surface area contributed by atoms with Crippen molar-refractivity contribution in [3.8, 4) is 0 Å². The molecule has 2 atom stereocenters. The molecule has 1 aliphatic heterocycles. The van der Waals surface area contributed by atoms with Crippen LogP contribution in [0.25, 0.3) is 0 Å². The summed E-state index contributed by atoms with van der Waals surface area (Å²) in [5, 5.41) is 3.80. The minimum Gasteiger partial charge on any atom is -0.307 e. The third-order valence-corrected chi connectivity index (χ3v) is 4.83. The Morgan fingerprint density at radius 3 is 2.71 bits per heavy atom. The van der Waals surface area contributed by atoms with E-state index in [1.54, 1.807) is 0 Å². The van der Waals surface area contributed by atoms with Gasteiger partial charge in [0.1, 0.15) is 0 Å². The Morgan fingerprint density at radius 1 is 1.29 bits per heavy atom. The molecule has 0 bridgehead atoms. The Labute approximate surface area is 109 Å². The second kappa shape index (κ2) is 5.03. The lowest BCUT2D eigenvalue weighted by Crippen LogP contribution is -2.40. The summed E-state index contributed by atoms with van der Waals surface area (Å²) in [5.74, 6) is 1.23. The predicted molar refractivity (Wildman–Crippen MR) is 76.6 cm³/mol. The number of benzene rings is 1. The molecule has 1 aromatic carbocycles. The van der Waals surface area contributed by atoms with Gasteiger partial charge < -0.3 is 5.32 Å². The van der Waals surface area contributed by atoms with Gasteiger partial charge in [-0.1, -0.05) is 39.0 Å². The zero-order valence-electron chi connectivity index (χ0n) is 11.3. The van der Waals surface area contributed by atoms with Crippen LogP contribution in [-0.4, -0.2) is 11.8 Å². The summed E-state index contributed by atoms with van der Waals surface area (Å²) in [6.45, 7) is 9.20. The summed E-state index contributed by atoms with van der Waals surface area (Å²) in [6.07, 6.45) is 1.24. The van der Waals surface area contributed by atoms with Crippen molar-refractivity contribution >= 4 is 11.8 Å². The summed E-state index contributed by atoms with van der Waals surface area (Å²) >= 11 is 1.99. The van der Waals surface area contributed by atoms with Gasteiger partial charge in [-0.2, -0.15) is 0 Å². The average Bonchev–Trinajstić information content (AvgIpc) is 2.28. The Kier molecular flexibility index (Phi) is 3.84. The van der Waals surface area contributed by atoms with E-state index in [-0.39, 0.29) is 0 Å². The zero-order chi connectivity index (χ0) is 12.5. The summed E-state index contributed by atoms with van der Waals surface area (Å²) < 4.78 is 0. The molecule has 0 aromatic heterocycles. The number of rotatable bonds is 2. The number of thioether (sulfide) groups is 1. The van der Waals surface area contributed by atoms with Crippen LogP contribution in [0, 0.1) is 5.41 Å². The highest BCUT2D eigenvalue weighted by Gasteiger charge is 2.26. The van der Waals surface area contributed by atoms with Gasteiger partial charge in [-0.15, -0.1) is 11.8 Å². The summed E-state index contributed by atoms with van der Waals surface area (Å²) in [5.41, 5.74) is 1.80. The normalized spacial score (nSPS) is 22.0. The first-order valence-electron chi connectivity index (χ1n) is 6.46. The van der Waals surface area contributed by atoms with Gasteiger partial charge in [0.05, 0.1) is 0 Å². The molecular weight excluding hydrogens is 226 g/mol. The van der Waals surface area contributed by atoms with E-state index in [1.807, 2.05) is 11.8 Å². The van der Waals surface area contributed by atoms with Gasteiger partial charge in [0, 0.05) is 17.0 Å². The van der Waals surface area contributed by atoms with Crippen molar-refractivity contribution in [2.45, 2.75) is 51.1 Å². The third kappa shape index (κ3) is 3.05. The molecule has 0 saturated carbocycles. The van der Waals surface area contributed by atoms with Crippen LogP contribution in [0.2, 0.25) is 0 Å². The molecule has 17 heavy (non-hydrogen) atoms. The topological polar surface area (TPSA) is 12.0 Å². The highest BCUT2D eigenvalue weighted by atomic mass is 32.2. The van der Waals surface area contributed by atoms with Crippen LogP contribution >= 0.6 is 11.8 Å². The fourth-order valence-corrected chi connectivity index (χ4v) is 3.19. The number of nitrogens with one attached hydrogen (secondary N) is 1. The number of fused-ring (bicyclic) bond motifs is 1. The molecule has 2 heteroatoms. The molecule has 0 fully saturated rings. The fraction of sp³-hybridized carbons (Fsp3) is 0.600. The van der Waals surface area contributed by atoms with Crippen LogP contribution < -0.4 is 5.32 Å². The van der Waals surface area contributed by atoms with E-state index < -0.39 is 0 Å². The van der Waals surface area contributed by atoms with Crippen molar-refractivity contribution in [1.82, 2.24) is 5.32 Å². The first kappa shape index (κ1) is 13.0. The molecule has 0 amide bonds. The average molecular weight is 249 g/mol. The standard InChI is InChI=1S/C15H23NS/c1-11(15(2,3)4)16-13-9-10-17-14-8-6-5-7-12(13)14/h5-8,11,13,16H,9-10H2,1-4H3. The van der Waals surface area contributed by atoms with Gasteiger partial charge in [0.15, 0.2) is 0 Å². The van der Waals surface area contributed by atoms with Gasteiger partial charge in [0.2, 0.25) is 0 Å². The molecule has 1 nitrogen and oxygen atoms in total. The van der Waals surface area contributed by atoms with Gasteiger partial charge in [-0.3, -0.25) is 0 Å². The molecule has 94 valence electrons. The van der Waals surface area contributed by atoms with Crippen LogP contribution in [0.5, 0.6) is 0 Å². The van der Waals surface area contributed by atoms with Gasteiger partial charge >= 0.3 is 0 Å². The summed E-state index contributed by atoms with van der Waals surface area (Å²) in [4.78, 5) is 1.46. The van der Waals surface area contributed by atoms with E-state index in [2.05, 4.69) is 57.3 Å². The van der Waals surface area contributed by atoms with Crippen molar-refractivity contribution in [2.75, 3.05) is 5.75 Å². The zero-order valence-corrected chi connectivity index (χ0v) is 12.1. The smallest absolute Gasteiger partial charge is 0.0341 e. The minimum atomic E-state index is 0.319. The summed E-state index contributed by atoms with van der Waals surface area (Å²) in [7, 11) is 0. The van der Waals surface area contributed by atoms with Crippen LogP contribution in [0.3, 0.4) is 0 Å². The minimum absolute atomic E-state index is 0.319. The number of hydrogen-bond donors (Lipinski definition) is 1. The second-order valence-corrected chi connectivity index (χ2v) is 7.12. The SMILES string of the molecule is CC(NC1CCSc2ccccc21)C(C)(C)C. The predicted octanol–water partition coefficient (Wildman–Crippen LogP) is 4.25. The lowest BCUT2D eigenvalue weighted by Gasteiger charge is -2.34. The molecule has 1 N–H and O–H groups in total. The molecule has 0 spiro atoms. The first-order valence-corrected chi connectivity index (χ1v) is 7.45. The first-order chi connectivity index (χ1) is 7.98. The Balaban J connectivity index is 2.14. The molecule has 0 aliphatic carbocycles. The van der Waals surface area contributed by atoms with E-state index in [0.29, 0.717) is 17.5 Å². The van der Waals surface area contributed by atoms with Crippen molar-refractivity contribution < 1.29 is 0 Å².